The summed E-state index contributed by atoms with van der Waals surface area (Å²) in [7, 11) is -3.31. The number of nitrogens with one attached hydrogen (secondary N) is 1. The van der Waals surface area contributed by atoms with Crippen LogP contribution in [0.2, 0.25) is 0 Å². The smallest absolute Gasteiger partial charge is 0.244 e. The Hall–Kier alpha value is -0.430. The van der Waals surface area contributed by atoms with E-state index >= 15 is 0 Å². The number of fused-ring (bicyclic) bond motifs is 2. The molecule has 0 radical (unpaired) electrons. The summed E-state index contributed by atoms with van der Waals surface area (Å²) in [5.41, 5.74) is 0.894. The van der Waals surface area contributed by atoms with E-state index in [1.807, 2.05) is 19.2 Å². The van der Waals surface area contributed by atoms with Gasteiger partial charge in [0.15, 0.2) is 0 Å². The highest BCUT2D eigenvalue weighted by Crippen LogP contribution is 2.42. The number of thiophene rings is 1. The van der Waals surface area contributed by atoms with E-state index in [4.69, 9.17) is 0 Å². The second-order valence-corrected chi connectivity index (χ2v) is 8.65. The molecule has 2 heterocycles. The van der Waals surface area contributed by atoms with Crippen LogP contribution in [0.25, 0.3) is 0 Å². The zero-order chi connectivity index (χ0) is 14.3. The molecule has 4 nitrogen and oxygen atoms in total. The number of hydrogen-bond donors (Lipinski definition) is 1. The summed E-state index contributed by atoms with van der Waals surface area (Å²) in [5.74, 6) is 0.589. The molecular weight excluding hydrogens is 292 g/mol. The van der Waals surface area contributed by atoms with Crippen LogP contribution in [0.1, 0.15) is 36.6 Å². The fourth-order valence-corrected chi connectivity index (χ4v) is 6.96. The predicted molar refractivity (Wildman–Crippen MR) is 81.5 cm³/mol. The molecular formula is C14H22N2O2S2. The maximum atomic E-state index is 13.0. The first-order valence-corrected chi connectivity index (χ1v) is 9.65. The normalized spacial score (nSPS) is 26.5. The molecule has 1 aliphatic carbocycles. The summed E-state index contributed by atoms with van der Waals surface area (Å²) in [5, 5.41) is 5.21. The first-order chi connectivity index (χ1) is 9.54. The second-order valence-electron chi connectivity index (χ2n) is 5.86. The van der Waals surface area contributed by atoms with E-state index in [1.54, 1.807) is 15.6 Å². The van der Waals surface area contributed by atoms with Crippen LogP contribution >= 0.6 is 11.3 Å². The minimum absolute atomic E-state index is 0.247. The molecule has 1 saturated carbocycles. The van der Waals surface area contributed by atoms with Gasteiger partial charge >= 0.3 is 0 Å². The molecule has 2 fully saturated rings. The topological polar surface area (TPSA) is 49.4 Å². The maximum Gasteiger partial charge on any atom is 0.244 e. The van der Waals surface area contributed by atoms with E-state index in [-0.39, 0.29) is 6.04 Å². The highest BCUT2D eigenvalue weighted by atomic mass is 32.2. The third kappa shape index (κ3) is 2.32. The van der Waals surface area contributed by atoms with Crippen molar-refractivity contribution in [1.82, 2.24) is 9.62 Å². The van der Waals surface area contributed by atoms with Crippen molar-refractivity contribution in [3.05, 3.63) is 15.8 Å². The monoisotopic (exact) mass is 314 g/mol. The lowest BCUT2D eigenvalue weighted by atomic mass is 10.1. The van der Waals surface area contributed by atoms with Crippen molar-refractivity contribution in [3.8, 4) is 0 Å². The van der Waals surface area contributed by atoms with Crippen LogP contribution in [0, 0.1) is 12.8 Å². The standard InChI is InChI=1S/C14H22N2O2S2/c1-3-15-7-13-14(10(2)9-19-13)20(17,18)16-8-11-4-5-12(16)6-11/h9,11-12,15H,3-8H2,1-2H3. The Morgan fingerprint density at radius 1 is 1.45 bits per heavy atom. The van der Waals surface area contributed by atoms with Crippen molar-refractivity contribution >= 4 is 21.4 Å². The van der Waals surface area contributed by atoms with E-state index < -0.39 is 10.0 Å². The second kappa shape index (κ2) is 5.40. The molecule has 2 unspecified atom stereocenters. The van der Waals surface area contributed by atoms with Gasteiger partial charge in [0, 0.05) is 24.0 Å². The van der Waals surface area contributed by atoms with Crippen LogP contribution in [0.5, 0.6) is 0 Å². The van der Waals surface area contributed by atoms with E-state index in [0.717, 1.165) is 36.4 Å². The summed E-state index contributed by atoms with van der Waals surface area (Å²) < 4.78 is 27.8. The zero-order valence-electron chi connectivity index (χ0n) is 12.1. The van der Waals surface area contributed by atoms with Crippen LogP contribution in [0.4, 0.5) is 0 Å². The predicted octanol–water partition coefficient (Wildman–Crippen LogP) is 2.34. The lowest BCUT2D eigenvalue weighted by Crippen LogP contribution is -2.38. The van der Waals surface area contributed by atoms with Gasteiger partial charge in [0.2, 0.25) is 10.0 Å². The molecule has 20 heavy (non-hydrogen) atoms. The average molecular weight is 314 g/mol. The van der Waals surface area contributed by atoms with Crippen molar-refractivity contribution in [1.29, 1.82) is 0 Å². The summed E-state index contributed by atoms with van der Waals surface area (Å²) in [6, 6.07) is 0.247. The van der Waals surface area contributed by atoms with Crippen molar-refractivity contribution in [2.75, 3.05) is 13.1 Å². The number of piperidine rings is 1. The highest BCUT2D eigenvalue weighted by Gasteiger charge is 2.45. The van der Waals surface area contributed by atoms with Gasteiger partial charge in [-0.15, -0.1) is 11.3 Å². The Balaban J connectivity index is 1.93. The van der Waals surface area contributed by atoms with Gasteiger partial charge < -0.3 is 5.32 Å². The Morgan fingerprint density at radius 2 is 2.25 bits per heavy atom. The molecule has 1 aromatic rings. The average Bonchev–Trinajstić information content (AvgIpc) is 3.11. The molecule has 0 spiro atoms. The quantitative estimate of drug-likeness (QED) is 0.907. The molecule has 1 saturated heterocycles. The molecule has 0 aromatic carbocycles. The Bertz CT molecular complexity index is 594. The summed E-state index contributed by atoms with van der Waals surface area (Å²) in [4.78, 5) is 1.52. The van der Waals surface area contributed by atoms with Gasteiger partial charge in [-0.25, -0.2) is 8.42 Å². The van der Waals surface area contributed by atoms with Crippen molar-refractivity contribution in [3.63, 3.8) is 0 Å². The first kappa shape index (κ1) is 14.5. The summed E-state index contributed by atoms with van der Waals surface area (Å²) in [6.45, 7) is 6.17. The SMILES string of the molecule is CCNCc1scc(C)c1S(=O)(=O)N1CC2CCC1C2. The van der Waals surface area contributed by atoms with Crippen molar-refractivity contribution in [2.24, 2.45) is 5.92 Å². The van der Waals surface area contributed by atoms with Crippen LogP contribution in [-0.2, 0) is 16.6 Å². The molecule has 1 aliphatic heterocycles. The molecule has 3 rings (SSSR count). The largest absolute Gasteiger partial charge is 0.312 e. The van der Waals surface area contributed by atoms with Crippen molar-refractivity contribution < 1.29 is 8.42 Å². The van der Waals surface area contributed by atoms with E-state index in [1.165, 1.54) is 6.42 Å². The number of hydrogen-bond acceptors (Lipinski definition) is 4. The third-order valence-corrected chi connectivity index (χ3v) is 7.83. The highest BCUT2D eigenvalue weighted by molar-refractivity contribution is 7.89. The minimum atomic E-state index is -3.31. The molecule has 6 heteroatoms. The Morgan fingerprint density at radius 3 is 2.85 bits per heavy atom. The Kier molecular flexibility index (Phi) is 3.92. The summed E-state index contributed by atoms with van der Waals surface area (Å²) in [6.07, 6.45) is 3.30. The van der Waals surface area contributed by atoms with Crippen molar-refractivity contribution in [2.45, 2.75) is 50.6 Å². The third-order valence-electron chi connectivity index (χ3n) is 4.45. The van der Waals surface area contributed by atoms with E-state index in [9.17, 15) is 8.42 Å². The summed E-state index contributed by atoms with van der Waals surface area (Å²) >= 11 is 1.55. The van der Waals surface area contributed by atoms with Crippen LogP contribution in [0.3, 0.4) is 0 Å². The van der Waals surface area contributed by atoms with E-state index in [2.05, 4.69) is 5.32 Å². The Labute approximate surface area is 125 Å². The van der Waals surface area contributed by atoms with Gasteiger partial charge in [0.05, 0.1) is 0 Å². The number of sulfonamides is 1. The number of aryl methyl sites for hydroxylation is 1. The maximum absolute atomic E-state index is 13.0. The van der Waals surface area contributed by atoms with Gasteiger partial charge in [0.25, 0.3) is 0 Å². The molecule has 1 aromatic heterocycles. The first-order valence-electron chi connectivity index (χ1n) is 7.33. The zero-order valence-corrected chi connectivity index (χ0v) is 13.7. The van der Waals surface area contributed by atoms with Crippen LogP contribution in [0.15, 0.2) is 10.3 Å². The molecule has 2 aliphatic rings. The van der Waals surface area contributed by atoms with Crippen LogP contribution < -0.4 is 5.32 Å². The minimum Gasteiger partial charge on any atom is -0.312 e. The van der Waals surface area contributed by atoms with E-state index in [0.29, 0.717) is 17.4 Å². The molecule has 112 valence electrons. The lowest BCUT2D eigenvalue weighted by Gasteiger charge is -2.26. The number of nitrogens with zero attached hydrogens (tertiary/aromatic N) is 1. The molecule has 0 amide bonds. The fraction of sp³-hybridized carbons (Fsp3) is 0.714. The molecule has 2 bridgehead atoms. The fourth-order valence-electron chi connectivity index (χ4n) is 3.49. The lowest BCUT2D eigenvalue weighted by molar-refractivity contribution is 0.333. The van der Waals surface area contributed by atoms with Gasteiger partial charge in [-0.3, -0.25) is 0 Å². The number of rotatable bonds is 5. The van der Waals surface area contributed by atoms with Gasteiger partial charge in [0.1, 0.15) is 4.90 Å². The van der Waals surface area contributed by atoms with Gasteiger partial charge in [-0.1, -0.05) is 6.92 Å². The molecule has 2 atom stereocenters. The van der Waals surface area contributed by atoms with Gasteiger partial charge in [-0.05, 0) is 49.6 Å². The van der Waals surface area contributed by atoms with Crippen LogP contribution in [-0.4, -0.2) is 31.9 Å². The molecule has 1 N–H and O–H groups in total. The van der Waals surface area contributed by atoms with Gasteiger partial charge in [-0.2, -0.15) is 4.31 Å².